The third-order valence-electron chi connectivity index (χ3n) is 10.6. The average Bonchev–Trinajstić information content (AvgIpc) is 3.32. The van der Waals surface area contributed by atoms with E-state index in [0.717, 1.165) is 43.8 Å². The number of rotatable bonds is 7. The van der Waals surface area contributed by atoms with Crippen LogP contribution < -0.4 is 9.64 Å². The number of amides is 1. The number of benzene rings is 1. The van der Waals surface area contributed by atoms with E-state index in [0.29, 0.717) is 48.5 Å². The first-order valence-electron chi connectivity index (χ1n) is 15.9. The first kappa shape index (κ1) is 27.4. The Bertz CT molecular complexity index is 1710. The van der Waals surface area contributed by atoms with E-state index in [9.17, 15) is 9.18 Å². The molecule has 3 atom stereocenters. The van der Waals surface area contributed by atoms with Crippen LogP contribution in [-0.2, 0) is 11.2 Å². The van der Waals surface area contributed by atoms with Gasteiger partial charge in [0.1, 0.15) is 18.2 Å². The molecule has 3 aliphatic heterocycles. The minimum atomic E-state index is -1.01. The van der Waals surface area contributed by atoms with Gasteiger partial charge in [-0.15, -0.1) is 0 Å². The Balaban J connectivity index is 1.17. The molecular formula is C34H36FN7O2. The van der Waals surface area contributed by atoms with Crippen molar-refractivity contribution in [2.24, 2.45) is 5.92 Å². The van der Waals surface area contributed by atoms with Gasteiger partial charge in [-0.3, -0.25) is 14.7 Å². The summed E-state index contributed by atoms with van der Waals surface area (Å²) in [6.07, 6.45) is 8.94. The molecule has 8 rings (SSSR count). The lowest BCUT2D eigenvalue weighted by Crippen LogP contribution is -2.56. The number of hydrogen-bond donors (Lipinski definition) is 0. The van der Waals surface area contributed by atoms with Crippen LogP contribution in [0.3, 0.4) is 0 Å². The van der Waals surface area contributed by atoms with Gasteiger partial charge < -0.3 is 19.4 Å². The van der Waals surface area contributed by atoms with Gasteiger partial charge in [-0.25, -0.2) is 11.0 Å². The Morgan fingerprint density at radius 3 is 2.82 bits per heavy atom. The molecule has 2 aromatic heterocycles. The number of carbonyl (C=O) groups is 1. The number of anilines is 1. The smallest absolute Gasteiger partial charge is 0.319 e. The van der Waals surface area contributed by atoms with Crippen LogP contribution in [0.4, 0.5) is 10.2 Å². The number of pyridine rings is 1. The van der Waals surface area contributed by atoms with E-state index < -0.39 is 17.8 Å². The minimum Gasteiger partial charge on any atom is -0.461 e. The van der Waals surface area contributed by atoms with Gasteiger partial charge in [0, 0.05) is 31.4 Å². The van der Waals surface area contributed by atoms with E-state index in [1.165, 1.54) is 40.9 Å². The van der Waals surface area contributed by atoms with Gasteiger partial charge in [0.15, 0.2) is 11.6 Å². The Kier molecular flexibility index (Phi) is 6.56. The van der Waals surface area contributed by atoms with Crippen LogP contribution in [-0.4, -0.2) is 88.1 Å². The van der Waals surface area contributed by atoms with Gasteiger partial charge in [-0.1, -0.05) is 24.8 Å². The van der Waals surface area contributed by atoms with Crippen molar-refractivity contribution in [2.45, 2.75) is 56.0 Å². The number of halogens is 1. The van der Waals surface area contributed by atoms with E-state index >= 15 is 0 Å². The summed E-state index contributed by atoms with van der Waals surface area (Å²) in [6, 6.07) is 8.50. The summed E-state index contributed by atoms with van der Waals surface area (Å²) >= 11 is 0. The van der Waals surface area contributed by atoms with E-state index in [4.69, 9.17) is 26.3 Å². The highest BCUT2D eigenvalue weighted by atomic mass is 19.1. The van der Waals surface area contributed by atoms with Gasteiger partial charge in [0.05, 0.1) is 11.1 Å². The maximum Gasteiger partial charge on any atom is 0.319 e. The van der Waals surface area contributed by atoms with E-state index in [2.05, 4.69) is 40.6 Å². The third kappa shape index (κ3) is 4.52. The summed E-state index contributed by atoms with van der Waals surface area (Å²) in [5, 5.41) is 0. The molecule has 5 aliphatic rings. The zero-order valence-electron chi connectivity index (χ0n) is 24.8. The average molecular weight is 594 g/mol. The minimum absolute atomic E-state index is 0.0471. The normalized spacial score (nSPS) is 25.0. The highest BCUT2D eigenvalue weighted by molar-refractivity contribution is 5.92. The van der Waals surface area contributed by atoms with Gasteiger partial charge in [0.25, 0.3) is 5.91 Å². The van der Waals surface area contributed by atoms with Crippen LogP contribution in [0.2, 0.25) is 0 Å². The number of ether oxygens (including phenoxy) is 1. The molecule has 0 radical (unpaired) electrons. The van der Waals surface area contributed by atoms with Crippen molar-refractivity contribution in [1.29, 1.82) is 0 Å². The van der Waals surface area contributed by atoms with Crippen molar-refractivity contribution in [3.8, 4) is 17.1 Å². The molecule has 3 aromatic rings. The maximum atomic E-state index is 13.8. The van der Waals surface area contributed by atoms with Crippen molar-refractivity contribution in [2.75, 3.05) is 50.8 Å². The molecule has 1 saturated carbocycles. The Hall–Kier alpha value is -4.10. The summed E-state index contributed by atoms with van der Waals surface area (Å²) in [7, 11) is 0. The van der Waals surface area contributed by atoms with Gasteiger partial charge >= 0.3 is 6.01 Å². The maximum absolute atomic E-state index is 13.8. The third-order valence-corrected chi connectivity index (χ3v) is 10.6. The molecule has 2 unspecified atom stereocenters. The number of carbonyl (C=O) groups excluding carboxylic acids is 1. The van der Waals surface area contributed by atoms with E-state index in [1.807, 2.05) is 11.1 Å². The monoisotopic (exact) mass is 593 g/mol. The Morgan fingerprint density at radius 2 is 2.02 bits per heavy atom. The second-order valence-electron chi connectivity index (χ2n) is 13.2. The predicted octanol–water partition coefficient (Wildman–Crippen LogP) is 4.78. The van der Waals surface area contributed by atoms with E-state index in [1.54, 1.807) is 0 Å². The first-order valence-corrected chi connectivity index (χ1v) is 15.9. The molecule has 0 bridgehead atoms. The van der Waals surface area contributed by atoms with Crippen LogP contribution >= 0.6 is 0 Å². The molecule has 226 valence electrons. The summed E-state index contributed by atoms with van der Waals surface area (Å²) in [5.41, 5.74) is 6.57. The molecule has 10 heteroatoms. The molecule has 9 nitrogen and oxygen atoms in total. The number of hydrogen-bond acceptors (Lipinski definition) is 7. The molecule has 1 amide bonds. The SMILES string of the molecule is [C-]#[N+]C[C@H]1CN(c2nc(OCC34CCCN3CCC4)nc3cc(-c4cccc5c4C4CC4C5)cnc23)CCN1C(=O)C(=C)F. The van der Waals surface area contributed by atoms with Crippen LogP contribution in [0.1, 0.15) is 49.1 Å². The van der Waals surface area contributed by atoms with Crippen LogP contribution in [0.25, 0.3) is 27.0 Å². The lowest BCUT2D eigenvalue weighted by atomic mass is 9.95. The molecule has 5 heterocycles. The lowest BCUT2D eigenvalue weighted by molar-refractivity contribution is -0.131. The molecule has 2 aliphatic carbocycles. The number of aromatic nitrogens is 3. The zero-order chi connectivity index (χ0) is 30.0. The molecule has 3 saturated heterocycles. The lowest BCUT2D eigenvalue weighted by Gasteiger charge is -2.39. The fourth-order valence-electron chi connectivity index (χ4n) is 8.40. The molecular weight excluding hydrogens is 557 g/mol. The summed E-state index contributed by atoms with van der Waals surface area (Å²) in [6.45, 7) is 14.5. The van der Waals surface area contributed by atoms with Crippen molar-refractivity contribution in [3.63, 3.8) is 0 Å². The van der Waals surface area contributed by atoms with Crippen molar-refractivity contribution >= 4 is 22.8 Å². The summed E-state index contributed by atoms with van der Waals surface area (Å²) in [4.78, 5) is 36.9. The van der Waals surface area contributed by atoms with Gasteiger partial charge in [0.2, 0.25) is 6.54 Å². The first-order chi connectivity index (χ1) is 21.4. The summed E-state index contributed by atoms with van der Waals surface area (Å²) < 4.78 is 20.3. The summed E-state index contributed by atoms with van der Waals surface area (Å²) in [5.74, 6) is 0.272. The highest BCUT2D eigenvalue weighted by Gasteiger charge is 2.47. The van der Waals surface area contributed by atoms with Crippen LogP contribution in [0.15, 0.2) is 42.9 Å². The second-order valence-corrected chi connectivity index (χ2v) is 13.2. The largest absolute Gasteiger partial charge is 0.461 e. The standard InChI is InChI=1S/C34H36FN7O2/c1-21(35)32(43)42-13-12-40(19-25(42)18-36-2)31-30-28(38-33(39-31)44-20-34-8-4-10-41(34)11-5-9-34)16-24(17-37-30)26-7-3-6-22-14-23-15-27(23)29(22)26/h3,6-7,16-17,23,25,27H,1,4-5,8-15,18-20H2/t23?,25-,27?/m0/s1. The quantitative estimate of drug-likeness (QED) is 0.288. The second kappa shape index (κ2) is 10.5. The zero-order valence-corrected chi connectivity index (χ0v) is 24.8. The number of fused-ring (bicyclic) bond motifs is 5. The van der Waals surface area contributed by atoms with Gasteiger partial charge in [-0.05, 0) is 86.2 Å². The fraction of sp³-hybridized carbons (Fsp3) is 0.500. The van der Waals surface area contributed by atoms with Crippen molar-refractivity contribution in [1.82, 2.24) is 24.8 Å². The van der Waals surface area contributed by atoms with Crippen molar-refractivity contribution in [3.05, 3.63) is 65.4 Å². The molecule has 44 heavy (non-hydrogen) atoms. The van der Waals surface area contributed by atoms with Crippen molar-refractivity contribution < 1.29 is 13.9 Å². The van der Waals surface area contributed by atoms with E-state index in [-0.39, 0.29) is 18.6 Å². The molecule has 0 spiro atoms. The van der Waals surface area contributed by atoms with Crippen LogP contribution in [0.5, 0.6) is 6.01 Å². The number of nitrogens with zero attached hydrogens (tertiary/aromatic N) is 7. The molecule has 4 fully saturated rings. The highest BCUT2D eigenvalue weighted by Crippen LogP contribution is 2.58. The van der Waals surface area contributed by atoms with Crippen LogP contribution in [0, 0.1) is 12.5 Å². The molecule has 0 N–H and O–H groups in total. The van der Waals surface area contributed by atoms with Gasteiger partial charge in [-0.2, -0.15) is 9.97 Å². The Morgan fingerprint density at radius 1 is 1.18 bits per heavy atom. The molecule has 1 aromatic carbocycles. The Labute approximate surface area is 256 Å². The topological polar surface area (TPSA) is 79.1 Å². The predicted molar refractivity (Wildman–Crippen MR) is 165 cm³/mol. The number of piperazine rings is 1. The fourth-order valence-corrected chi connectivity index (χ4v) is 8.40.